The highest BCUT2D eigenvalue weighted by atomic mass is 16.5. The van der Waals surface area contributed by atoms with E-state index >= 15 is 0 Å². The Hall–Kier alpha value is -1.06. The number of hydrogen-bond donors (Lipinski definition) is 1. The fraction of sp³-hybridized carbons (Fsp3) is 0.600. The van der Waals surface area contributed by atoms with Crippen molar-refractivity contribution in [1.82, 2.24) is 4.90 Å². The minimum Gasteiger partial charge on any atom is -0.497 e. The van der Waals surface area contributed by atoms with Crippen LogP contribution in [-0.4, -0.2) is 42.9 Å². The second-order valence-electron chi connectivity index (χ2n) is 5.13. The molecular formula is C15H23NO2. The lowest BCUT2D eigenvalue weighted by molar-refractivity contribution is 0.219. The van der Waals surface area contributed by atoms with Crippen LogP contribution in [0.2, 0.25) is 0 Å². The topological polar surface area (TPSA) is 32.7 Å². The Labute approximate surface area is 109 Å². The molecule has 100 valence electrons. The molecule has 0 bridgehead atoms. The maximum absolute atomic E-state index is 8.91. The van der Waals surface area contributed by atoms with Crippen molar-refractivity contribution in [2.24, 2.45) is 0 Å². The van der Waals surface area contributed by atoms with Crippen molar-refractivity contribution in [1.29, 1.82) is 0 Å². The van der Waals surface area contributed by atoms with Crippen LogP contribution in [0.5, 0.6) is 5.75 Å². The Kier molecular flexibility index (Phi) is 4.61. The summed E-state index contributed by atoms with van der Waals surface area (Å²) in [6.07, 6.45) is 2.08. The highest BCUT2D eigenvalue weighted by molar-refractivity contribution is 5.30. The largest absolute Gasteiger partial charge is 0.497 e. The van der Waals surface area contributed by atoms with Gasteiger partial charge in [0, 0.05) is 25.7 Å². The van der Waals surface area contributed by atoms with Crippen LogP contribution in [0.25, 0.3) is 0 Å². The summed E-state index contributed by atoms with van der Waals surface area (Å²) in [6, 6.07) is 9.04. The maximum atomic E-state index is 8.91. The van der Waals surface area contributed by atoms with Crippen molar-refractivity contribution in [2.75, 3.05) is 26.8 Å². The van der Waals surface area contributed by atoms with Gasteiger partial charge in [-0.3, -0.25) is 4.90 Å². The molecule has 0 amide bonds. The molecule has 2 atom stereocenters. The van der Waals surface area contributed by atoms with E-state index in [9.17, 15) is 0 Å². The highest BCUT2D eigenvalue weighted by Crippen LogP contribution is 2.32. The first-order chi connectivity index (χ1) is 8.74. The monoisotopic (exact) mass is 249 g/mol. The third-order valence-electron chi connectivity index (χ3n) is 3.89. The van der Waals surface area contributed by atoms with Gasteiger partial charge in [-0.2, -0.15) is 0 Å². The number of aliphatic hydroxyl groups is 1. The van der Waals surface area contributed by atoms with E-state index in [1.165, 1.54) is 12.0 Å². The molecule has 1 aromatic carbocycles. The van der Waals surface area contributed by atoms with Crippen LogP contribution in [0.15, 0.2) is 24.3 Å². The summed E-state index contributed by atoms with van der Waals surface area (Å²) < 4.78 is 5.19. The van der Waals surface area contributed by atoms with Gasteiger partial charge in [0.1, 0.15) is 5.75 Å². The summed E-state index contributed by atoms with van der Waals surface area (Å²) in [6.45, 7) is 4.68. The van der Waals surface area contributed by atoms with Gasteiger partial charge in [-0.25, -0.2) is 0 Å². The lowest BCUT2D eigenvalue weighted by Gasteiger charge is -2.20. The Morgan fingerprint density at radius 1 is 1.33 bits per heavy atom. The Morgan fingerprint density at radius 2 is 2.06 bits per heavy atom. The SMILES string of the molecule is COc1ccc(C2CC(C)N(CCCO)C2)cc1. The van der Waals surface area contributed by atoms with Crippen LogP contribution in [0.3, 0.4) is 0 Å². The van der Waals surface area contributed by atoms with Gasteiger partial charge in [-0.15, -0.1) is 0 Å². The van der Waals surface area contributed by atoms with Crippen molar-refractivity contribution >= 4 is 0 Å². The predicted octanol–water partition coefficient (Wildman–Crippen LogP) is 2.26. The first-order valence-electron chi connectivity index (χ1n) is 6.73. The Balaban J connectivity index is 1.97. The van der Waals surface area contributed by atoms with Crippen LogP contribution in [0.4, 0.5) is 0 Å². The zero-order chi connectivity index (χ0) is 13.0. The number of likely N-dealkylation sites (tertiary alicyclic amines) is 1. The molecule has 18 heavy (non-hydrogen) atoms. The molecule has 1 N–H and O–H groups in total. The number of ether oxygens (including phenoxy) is 1. The summed E-state index contributed by atoms with van der Waals surface area (Å²) >= 11 is 0. The van der Waals surface area contributed by atoms with Gasteiger partial charge in [0.25, 0.3) is 0 Å². The number of methoxy groups -OCH3 is 1. The molecule has 0 radical (unpaired) electrons. The number of benzene rings is 1. The molecule has 3 heteroatoms. The summed E-state index contributed by atoms with van der Waals surface area (Å²) in [4.78, 5) is 2.48. The second-order valence-corrected chi connectivity index (χ2v) is 5.13. The van der Waals surface area contributed by atoms with Crippen molar-refractivity contribution in [2.45, 2.75) is 31.7 Å². The van der Waals surface area contributed by atoms with Crippen LogP contribution in [0.1, 0.15) is 31.2 Å². The number of nitrogens with zero attached hydrogens (tertiary/aromatic N) is 1. The molecule has 1 aliphatic heterocycles. The molecule has 0 aromatic heterocycles. The van der Waals surface area contributed by atoms with E-state index in [1.54, 1.807) is 7.11 Å². The van der Waals surface area contributed by atoms with E-state index in [1.807, 2.05) is 12.1 Å². The molecule has 1 heterocycles. The molecule has 1 fully saturated rings. The van der Waals surface area contributed by atoms with Gasteiger partial charge in [0.2, 0.25) is 0 Å². The van der Waals surface area contributed by atoms with Crippen molar-refractivity contribution in [3.63, 3.8) is 0 Å². The first-order valence-corrected chi connectivity index (χ1v) is 6.73. The fourth-order valence-corrected chi connectivity index (χ4v) is 2.80. The van der Waals surface area contributed by atoms with Gasteiger partial charge < -0.3 is 9.84 Å². The van der Waals surface area contributed by atoms with E-state index in [0.717, 1.165) is 25.3 Å². The third-order valence-corrected chi connectivity index (χ3v) is 3.89. The van der Waals surface area contributed by atoms with Gasteiger partial charge in [-0.05, 0) is 43.4 Å². The molecule has 2 unspecified atom stereocenters. The zero-order valence-corrected chi connectivity index (χ0v) is 11.3. The van der Waals surface area contributed by atoms with Crippen molar-refractivity contribution in [3.8, 4) is 5.75 Å². The minimum absolute atomic E-state index is 0.288. The predicted molar refractivity (Wildman–Crippen MR) is 73.1 cm³/mol. The summed E-state index contributed by atoms with van der Waals surface area (Å²) in [5.41, 5.74) is 1.40. The number of aliphatic hydroxyl groups excluding tert-OH is 1. The van der Waals surface area contributed by atoms with Crippen molar-refractivity contribution < 1.29 is 9.84 Å². The van der Waals surface area contributed by atoms with Crippen molar-refractivity contribution in [3.05, 3.63) is 29.8 Å². The number of rotatable bonds is 5. The zero-order valence-electron chi connectivity index (χ0n) is 11.3. The van der Waals surface area contributed by atoms with Crippen LogP contribution >= 0.6 is 0 Å². The molecule has 0 saturated carbocycles. The summed E-state index contributed by atoms with van der Waals surface area (Å²) in [5.74, 6) is 1.53. The molecule has 1 aromatic rings. The van der Waals surface area contributed by atoms with Gasteiger partial charge >= 0.3 is 0 Å². The number of hydrogen-bond acceptors (Lipinski definition) is 3. The average Bonchev–Trinajstić information content (AvgIpc) is 2.78. The summed E-state index contributed by atoms with van der Waals surface area (Å²) in [5, 5.41) is 8.91. The quantitative estimate of drug-likeness (QED) is 0.869. The molecule has 1 saturated heterocycles. The molecule has 2 rings (SSSR count). The molecular weight excluding hydrogens is 226 g/mol. The van der Waals surface area contributed by atoms with E-state index in [2.05, 4.69) is 24.0 Å². The van der Waals surface area contributed by atoms with Crippen LogP contribution in [-0.2, 0) is 0 Å². The Morgan fingerprint density at radius 3 is 2.67 bits per heavy atom. The summed E-state index contributed by atoms with van der Waals surface area (Å²) in [7, 11) is 1.70. The maximum Gasteiger partial charge on any atom is 0.118 e. The van der Waals surface area contributed by atoms with E-state index < -0.39 is 0 Å². The van der Waals surface area contributed by atoms with Crippen LogP contribution in [0, 0.1) is 0 Å². The van der Waals surface area contributed by atoms with Gasteiger partial charge in [0.15, 0.2) is 0 Å². The van der Waals surface area contributed by atoms with E-state index in [4.69, 9.17) is 9.84 Å². The lowest BCUT2D eigenvalue weighted by atomic mass is 9.97. The van der Waals surface area contributed by atoms with E-state index in [0.29, 0.717) is 12.0 Å². The van der Waals surface area contributed by atoms with Gasteiger partial charge in [0.05, 0.1) is 7.11 Å². The lowest BCUT2D eigenvalue weighted by Crippen LogP contribution is -2.28. The molecule has 1 aliphatic rings. The molecule has 0 spiro atoms. The third kappa shape index (κ3) is 3.03. The fourth-order valence-electron chi connectivity index (χ4n) is 2.80. The van der Waals surface area contributed by atoms with Gasteiger partial charge in [-0.1, -0.05) is 12.1 Å². The average molecular weight is 249 g/mol. The molecule has 3 nitrogen and oxygen atoms in total. The minimum atomic E-state index is 0.288. The van der Waals surface area contributed by atoms with Crippen LogP contribution < -0.4 is 4.74 Å². The highest BCUT2D eigenvalue weighted by Gasteiger charge is 2.29. The normalized spacial score (nSPS) is 24.4. The molecule has 0 aliphatic carbocycles. The standard InChI is InChI=1S/C15H23NO2/c1-12-10-14(11-16(12)8-3-9-17)13-4-6-15(18-2)7-5-13/h4-7,12,14,17H,3,8-11H2,1-2H3. The van der Waals surface area contributed by atoms with E-state index in [-0.39, 0.29) is 6.61 Å². The first kappa shape index (κ1) is 13.4. The second kappa shape index (κ2) is 6.21. The smallest absolute Gasteiger partial charge is 0.118 e. The Bertz CT molecular complexity index is 363.